The van der Waals surface area contributed by atoms with Crippen LogP contribution >= 0.6 is 0 Å². The van der Waals surface area contributed by atoms with Crippen LogP contribution in [0.1, 0.15) is 38.3 Å². The summed E-state index contributed by atoms with van der Waals surface area (Å²) in [5.41, 5.74) is -1.25. The molecular weight excluding hydrogens is 520 g/mol. The minimum Gasteiger partial charge on any atom is -0.444 e. The normalized spacial score (nSPS) is 15.6. The Morgan fingerprint density at radius 3 is 2.38 bits per heavy atom. The van der Waals surface area contributed by atoms with Gasteiger partial charge in [0.1, 0.15) is 11.4 Å². The van der Waals surface area contributed by atoms with Gasteiger partial charge in [-0.2, -0.15) is 13.2 Å². The molecule has 0 saturated carbocycles. The smallest absolute Gasteiger partial charge is 0.416 e. The number of alkyl carbamates (subject to hydrolysis) is 1. The predicted octanol–water partition coefficient (Wildman–Crippen LogP) is 4.09. The van der Waals surface area contributed by atoms with E-state index in [9.17, 15) is 31.9 Å². The Bertz CT molecular complexity index is 1170. The van der Waals surface area contributed by atoms with Crippen LogP contribution in [0.2, 0.25) is 0 Å². The topological polar surface area (TPSA) is 91.0 Å². The van der Waals surface area contributed by atoms with Crippen molar-refractivity contribution < 1.29 is 36.7 Å². The van der Waals surface area contributed by atoms with Gasteiger partial charge in [-0.1, -0.05) is 18.2 Å². The van der Waals surface area contributed by atoms with Gasteiger partial charge in [-0.3, -0.25) is 9.59 Å². The largest absolute Gasteiger partial charge is 0.444 e. The summed E-state index contributed by atoms with van der Waals surface area (Å²) in [6.07, 6.45) is -4.74. The summed E-state index contributed by atoms with van der Waals surface area (Å²) in [6, 6.07) is 10.5. The average molecular weight is 553 g/mol. The molecule has 3 rings (SSSR count). The summed E-state index contributed by atoms with van der Waals surface area (Å²) in [7, 11) is 0. The molecule has 0 radical (unpaired) electrons. The standard InChI is InChI=1S/C27H32F4N4O4/c1-26(2,3)39-25(38)33-21-9-10-34(15-21)24(37)17-35(22-7-5-4-6-8-22)16-23(36)32-14-18-11-19(27(29,30)31)13-20(28)12-18/h4-8,11-13,21H,9-10,14-17H2,1-3H3,(H,32,36)(H,33,38). The Hall–Kier alpha value is -3.83. The summed E-state index contributed by atoms with van der Waals surface area (Å²) >= 11 is 0. The maximum absolute atomic E-state index is 13.7. The van der Waals surface area contributed by atoms with E-state index >= 15 is 0 Å². The Balaban J connectivity index is 1.60. The quantitative estimate of drug-likeness (QED) is 0.482. The third-order valence-electron chi connectivity index (χ3n) is 5.82. The highest BCUT2D eigenvalue weighted by atomic mass is 19.4. The number of hydrogen-bond donors (Lipinski definition) is 2. The van der Waals surface area contributed by atoms with Gasteiger partial charge in [-0.15, -0.1) is 0 Å². The summed E-state index contributed by atoms with van der Waals surface area (Å²) in [4.78, 5) is 41.0. The zero-order valence-electron chi connectivity index (χ0n) is 22.0. The molecule has 0 bridgehead atoms. The van der Waals surface area contributed by atoms with E-state index in [0.29, 0.717) is 24.7 Å². The van der Waals surface area contributed by atoms with Gasteiger partial charge >= 0.3 is 12.3 Å². The number of likely N-dealkylation sites (tertiary alicyclic amines) is 1. The van der Waals surface area contributed by atoms with E-state index in [4.69, 9.17) is 4.74 Å². The monoisotopic (exact) mass is 552 g/mol. The van der Waals surface area contributed by atoms with Gasteiger partial charge in [0.25, 0.3) is 0 Å². The van der Waals surface area contributed by atoms with Crippen molar-refractivity contribution in [2.24, 2.45) is 0 Å². The van der Waals surface area contributed by atoms with Crippen LogP contribution in [0.15, 0.2) is 48.5 Å². The van der Waals surface area contributed by atoms with Crippen LogP contribution < -0.4 is 15.5 Å². The lowest BCUT2D eigenvalue weighted by molar-refractivity contribution is -0.137. The van der Waals surface area contributed by atoms with Gasteiger partial charge in [0.05, 0.1) is 24.7 Å². The molecule has 0 aliphatic carbocycles. The van der Waals surface area contributed by atoms with Gasteiger partial charge in [-0.05, 0) is 63.1 Å². The predicted molar refractivity (Wildman–Crippen MR) is 136 cm³/mol. The first kappa shape index (κ1) is 29.7. The molecule has 1 unspecified atom stereocenters. The lowest BCUT2D eigenvalue weighted by Crippen LogP contribution is -2.45. The summed E-state index contributed by atoms with van der Waals surface area (Å²) in [5, 5.41) is 5.25. The van der Waals surface area contributed by atoms with Gasteiger partial charge < -0.3 is 25.2 Å². The van der Waals surface area contributed by atoms with Gasteiger partial charge in [0.15, 0.2) is 0 Å². The first-order valence-corrected chi connectivity index (χ1v) is 12.4. The average Bonchev–Trinajstić information content (AvgIpc) is 3.29. The lowest BCUT2D eigenvalue weighted by atomic mass is 10.1. The second-order valence-electron chi connectivity index (χ2n) is 10.3. The highest BCUT2D eigenvalue weighted by molar-refractivity contribution is 5.86. The zero-order valence-corrected chi connectivity index (χ0v) is 22.0. The Kier molecular flexibility index (Phi) is 9.41. The Labute approximate surface area is 224 Å². The first-order chi connectivity index (χ1) is 18.2. The van der Waals surface area contributed by atoms with Gasteiger partial charge in [0.2, 0.25) is 11.8 Å². The second kappa shape index (κ2) is 12.4. The number of hydrogen-bond acceptors (Lipinski definition) is 5. The van der Waals surface area contributed by atoms with Crippen molar-refractivity contribution in [2.45, 2.75) is 51.6 Å². The van der Waals surface area contributed by atoms with E-state index in [1.165, 1.54) is 0 Å². The molecule has 1 heterocycles. The minimum absolute atomic E-state index is 0.0430. The molecule has 12 heteroatoms. The van der Waals surface area contributed by atoms with Gasteiger partial charge in [-0.25, -0.2) is 9.18 Å². The molecule has 0 spiro atoms. The number of nitrogens with one attached hydrogen (secondary N) is 2. The van der Waals surface area contributed by atoms with Crippen molar-refractivity contribution in [1.82, 2.24) is 15.5 Å². The van der Waals surface area contributed by atoms with E-state index in [0.717, 1.165) is 12.1 Å². The van der Waals surface area contributed by atoms with Crippen LogP contribution in [0.5, 0.6) is 0 Å². The number of rotatable bonds is 8. The number of halogens is 4. The van der Waals surface area contributed by atoms with Crippen molar-refractivity contribution in [3.8, 4) is 0 Å². The fourth-order valence-electron chi connectivity index (χ4n) is 4.07. The van der Waals surface area contributed by atoms with E-state index < -0.39 is 35.2 Å². The fraction of sp³-hybridized carbons (Fsp3) is 0.444. The van der Waals surface area contributed by atoms with Crippen LogP contribution in [-0.4, -0.2) is 60.6 Å². The van der Waals surface area contributed by atoms with Crippen LogP contribution in [0.25, 0.3) is 0 Å². The molecule has 2 aromatic rings. The molecule has 3 amide bonds. The molecule has 8 nitrogen and oxygen atoms in total. The summed E-state index contributed by atoms with van der Waals surface area (Å²) in [6.45, 7) is 5.24. The van der Waals surface area contributed by atoms with E-state index in [1.807, 2.05) is 0 Å². The number of carbonyl (C=O) groups excluding carboxylic acids is 3. The Morgan fingerprint density at radius 2 is 1.74 bits per heavy atom. The van der Waals surface area contributed by atoms with Crippen LogP contribution in [0.3, 0.4) is 0 Å². The second-order valence-corrected chi connectivity index (χ2v) is 10.3. The number of ether oxygens (including phenoxy) is 1. The highest BCUT2D eigenvalue weighted by Crippen LogP contribution is 2.30. The summed E-state index contributed by atoms with van der Waals surface area (Å²) in [5.74, 6) is -1.88. The fourth-order valence-corrected chi connectivity index (χ4v) is 4.07. The third-order valence-corrected chi connectivity index (χ3v) is 5.82. The molecule has 1 fully saturated rings. The molecular formula is C27H32F4N4O4. The zero-order chi connectivity index (χ0) is 28.8. The maximum Gasteiger partial charge on any atom is 0.416 e. The van der Waals surface area contributed by atoms with Crippen LogP contribution in [-0.2, 0) is 27.0 Å². The molecule has 1 aliphatic heterocycles. The first-order valence-electron chi connectivity index (χ1n) is 12.4. The SMILES string of the molecule is CC(C)(C)OC(=O)NC1CCN(C(=O)CN(CC(=O)NCc2cc(F)cc(C(F)(F)F)c2)c2ccccc2)C1. The molecule has 39 heavy (non-hydrogen) atoms. The number of para-hydroxylation sites is 1. The molecule has 2 aromatic carbocycles. The number of benzene rings is 2. The molecule has 1 aliphatic rings. The van der Waals surface area contributed by atoms with Crippen molar-refractivity contribution in [1.29, 1.82) is 0 Å². The number of alkyl halides is 3. The highest BCUT2D eigenvalue weighted by Gasteiger charge is 2.32. The van der Waals surface area contributed by atoms with Gasteiger partial charge in [0, 0.05) is 25.3 Å². The van der Waals surface area contributed by atoms with E-state index in [1.54, 1.807) is 60.9 Å². The molecule has 0 aromatic heterocycles. The number of amides is 3. The number of anilines is 1. The van der Waals surface area contributed by atoms with Crippen LogP contribution in [0.4, 0.5) is 28.0 Å². The molecule has 1 saturated heterocycles. The lowest BCUT2D eigenvalue weighted by Gasteiger charge is -2.27. The number of carbonyl (C=O) groups is 3. The van der Waals surface area contributed by atoms with E-state index in [-0.39, 0.29) is 43.7 Å². The minimum atomic E-state index is -4.72. The molecule has 212 valence electrons. The van der Waals surface area contributed by atoms with Crippen molar-refractivity contribution in [2.75, 3.05) is 31.1 Å². The van der Waals surface area contributed by atoms with Crippen molar-refractivity contribution in [3.63, 3.8) is 0 Å². The molecule has 2 N–H and O–H groups in total. The summed E-state index contributed by atoms with van der Waals surface area (Å²) < 4.78 is 57.9. The van der Waals surface area contributed by atoms with Crippen molar-refractivity contribution >= 4 is 23.6 Å². The van der Waals surface area contributed by atoms with Crippen molar-refractivity contribution in [3.05, 3.63) is 65.5 Å². The Morgan fingerprint density at radius 1 is 1.05 bits per heavy atom. The maximum atomic E-state index is 13.7. The van der Waals surface area contributed by atoms with E-state index in [2.05, 4.69) is 10.6 Å². The third kappa shape index (κ3) is 9.45. The molecule has 1 atom stereocenters. The number of nitrogens with zero attached hydrogens (tertiary/aromatic N) is 2. The van der Waals surface area contributed by atoms with Crippen LogP contribution in [0, 0.1) is 5.82 Å².